The lowest BCUT2D eigenvalue weighted by molar-refractivity contribution is -0.141. The number of aromatic nitrogens is 2. The maximum atomic E-state index is 12.5. The first-order valence-corrected chi connectivity index (χ1v) is 5.34. The van der Waals surface area contributed by atoms with Crippen LogP contribution in [-0.2, 0) is 6.18 Å². The lowest BCUT2D eigenvalue weighted by atomic mass is 10.3. The molecule has 0 atom stereocenters. The summed E-state index contributed by atoms with van der Waals surface area (Å²) in [4.78, 5) is 9.04. The molecule has 0 aromatic carbocycles. The van der Waals surface area contributed by atoms with Crippen molar-refractivity contribution in [2.75, 3.05) is 24.5 Å². The summed E-state index contributed by atoms with van der Waals surface area (Å²) in [5.74, 6) is 0.0933. The Morgan fingerprint density at radius 1 is 1.41 bits per heavy atom. The van der Waals surface area contributed by atoms with Crippen molar-refractivity contribution < 1.29 is 13.2 Å². The van der Waals surface area contributed by atoms with Crippen molar-refractivity contribution >= 4 is 5.95 Å². The fourth-order valence-electron chi connectivity index (χ4n) is 1.34. The van der Waals surface area contributed by atoms with E-state index in [1.54, 1.807) is 4.90 Å². The smallest absolute Gasteiger partial charge is 0.341 e. The second-order valence-electron chi connectivity index (χ2n) is 3.46. The Balaban J connectivity index is 2.89. The van der Waals surface area contributed by atoms with Crippen LogP contribution in [0.25, 0.3) is 0 Å². The molecule has 0 aliphatic heterocycles. The molecule has 2 N–H and O–H groups in total. The molecule has 0 spiro atoms. The first kappa shape index (κ1) is 13.7. The van der Waals surface area contributed by atoms with Gasteiger partial charge in [0.05, 0.1) is 0 Å². The molecule has 17 heavy (non-hydrogen) atoms. The molecule has 1 rings (SSSR count). The Bertz CT molecular complexity index is 354. The van der Waals surface area contributed by atoms with E-state index in [0.717, 1.165) is 12.3 Å². The summed E-state index contributed by atoms with van der Waals surface area (Å²) in [5, 5.41) is 0. The van der Waals surface area contributed by atoms with E-state index in [0.29, 0.717) is 26.1 Å². The van der Waals surface area contributed by atoms with Crippen LogP contribution in [0.5, 0.6) is 0 Å². The van der Waals surface area contributed by atoms with Gasteiger partial charge in [-0.1, -0.05) is 0 Å². The van der Waals surface area contributed by atoms with Gasteiger partial charge in [-0.15, -0.1) is 0 Å². The predicted octanol–water partition coefficient (Wildman–Crippen LogP) is 1.67. The van der Waals surface area contributed by atoms with Gasteiger partial charge in [0.25, 0.3) is 0 Å². The first-order valence-electron chi connectivity index (χ1n) is 5.34. The third-order valence-corrected chi connectivity index (χ3v) is 2.23. The predicted molar refractivity (Wildman–Crippen MR) is 58.6 cm³/mol. The first-order chi connectivity index (χ1) is 7.99. The van der Waals surface area contributed by atoms with Crippen molar-refractivity contribution in [3.05, 3.63) is 18.0 Å². The molecule has 0 radical (unpaired) electrons. The van der Waals surface area contributed by atoms with Gasteiger partial charge in [0.15, 0.2) is 0 Å². The molecule has 0 bridgehead atoms. The molecule has 0 unspecified atom stereocenters. The van der Waals surface area contributed by atoms with Crippen molar-refractivity contribution in [3.63, 3.8) is 0 Å². The fraction of sp³-hybridized carbons (Fsp3) is 0.600. The number of alkyl halides is 3. The van der Waals surface area contributed by atoms with E-state index in [4.69, 9.17) is 5.73 Å². The highest BCUT2D eigenvalue weighted by Gasteiger charge is 2.33. The minimum absolute atomic E-state index is 0.0933. The largest absolute Gasteiger partial charge is 0.433 e. The minimum atomic E-state index is -4.44. The van der Waals surface area contributed by atoms with Crippen LogP contribution < -0.4 is 10.6 Å². The van der Waals surface area contributed by atoms with Crippen molar-refractivity contribution in [3.8, 4) is 0 Å². The van der Waals surface area contributed by atoms with E-state index < -0.39 is 11.9 Å². The number of nitrogens with two attached hydrogens (primary N) is 1. The second kappa shape index (κ2) is 5.81. The Hall–Kier alpha value is -1.37. The molecule has 1 heterocycles. The van der Waals surface area contributed by atoms with Crippen molar-refractivity contribution in [2.45, 2.75) is 19.5 Å². The minimum Gasteiger partial charge on any atom is -0.341 e. The van der Waals surface area contributed by atoms with E-state index >= 15 is 0 Å². The zero-order valence-electron chi connectivity index (χ0n) is 9.54. The van der Waals surface area contributed by atoms with Gasteiger partial charge in [-0.25, -0.2) is 9.97 Å². The summed E-state index contributed by atoms with van der Waals surface area (Å²) in [7, 11) is 0. The van der Waals surface area contributed by atoms with Crippen LogP contribution >= 0.6 is 0 Å². The van der Waals surface area contributed by atoms with Crippen molar-refractivity contribution in [1.82, 2.24) is 9.97 Å². The van der Waals surface area contributed by atoms with Crippen LogP contribution in [0.1, 0.15) is 19.0 Å². The number of nitrogens with zero attached hydrogens (tertiary/aromatic N) is 3. The van der Waals surface area contributed by atoms with Crippen LogP contribution in [-0.4, -0.2) is 29.6 Å². The summed E-state index contributed by atoms with van der Waals surface area (Å²) < 4.78 is 37.4. The average Bonchev–Trinajstić information content (AvgIpc) is 2.29. The average molecular weight is 248 g/mol. The summed E-state index contributed by atoms with van der Waals surface area (Å²) >= 11 is 0. The Kier molecular flexibility index (Phi) is 4.68. The molecule has 0 saturated carbocycles. The Morgan fingerprint density at radius 3 is 2.65 bits per heavy atom. The lowest BCUT2D eigenvalue weighted by Gasteiger charge is -2.20. The van der Waals surface area contributed by atoms with Crippen molar-refractivity contribution in [1.29, 1.82) is 0 Å². The fourth-order valence-corrected chi connectivity index (χ4v) is 1.34. The van der Waals surface area contributed by atoms with Gasteiger partial charge in [-0.2, -0.15) is 13.2 Å². The van der Waals surface area contributed by atoms with E-state index in [2.05, 4.69) is 9.97 Å². The van der Waals surface area contributed by atoms with Gasteiger partial charge in [-0.3, -0.25) is 0 Å². The highest BCUT2D eigenvalue weighted by molar-refractivity contribution is 5.30. The summed E-state index contributed by atoms with van der Waals surface area (Å²) in [6.07, 6.45) is -2.63. The molecule has 96 valence electrons. The van der Waals surface area contributed by atoms with Gasteiger partial charge in [0, 0.05) is 19.3 Å². The van der Waals surface area contributed by atoms with E-state index in [9.17, 15) is 13.2 Å². The molecule has 4 nitrogen and oxygen atoms in total. The maximum absolute atomic E-state index is 12.5. The number of hydrogen-bond donors (Lipinski definition) is 1. The zero-order valence-corrected chi connectivity index (χ0v) is 9.54. The SMILES string of the molecule is CCN(CCCN)c1nccc(C(F)(F)F)n1. The van der Waals surface area contributed by atoms with Gasteiger partial charge in [0.1, 0.15) is 5.69 Å². The molecule has 1 aromatic heterocycles. The standard InChI is InChI=1S/C10H15F3N4/c1-2-17(7-3-5-14)9-15-6-4-8(16-9)10(11,12)13/h4,6H,2-3,5,7,14H2,1H3. The van der Waals surface area contributed by atoms with Crippen LogP contribution in [0.4, 0.5) is 19.1 Å². The number of rotatable bonds is 5. The second-order valence-corrected chi connectivity index (χ2v) is 3.46. The molecular weight excluding hydrogens is 233 g/mol. The van der Waals surface area contributed by atoms with Crippen LogP contribution in [0.15, 0.2) is 12.3 Å². The lowest BCUT2D eigenvalue weighted by Crippen LogP contribution is -2.28. The van der Waals surface area contributed by atoms with E-state index in [-0.39, 0.29) is 5.95 Å². The highest BCUT2D eigenvalue weighted by Crippen LogP contribution is 2.28. The van der Waals surface area contributed by atoms with Gasteiger partial charge < -0.3 is 10.6 Å². The van der Waals surface area contributed by atoms with Crippen LogP contribution in [0, 0.1) is 0 Å². The van der Waals surface area contributed by atoms with Crippen LogP contribution in [0.2, 0.25) is 0 Å². The summed E-state index contributed by atoms with van der Waals surface area (Å²) in [5.41, 5.74) is 4.44. The molecule has 0 fully saturated rings. The molecular formula is C10H15F3N4. The molecule has 7 heteroatoms. The quantitative estimate of drug-likeness (QED) is 0.861. The number of hydrogen-bond acceptors (Lipinski definition) is 4. The molecule has 1 aromatic rings. The molecule has 0 aliphatic rings. The monoisotopic (exact) mass is 248 g/mol. The molecule has 0 saturated heterocycles. The van der Waals surface area contributed by atoms with Crippen molar-refractivity contribution in [2.24, 2.45) is 5.73 Å². The third-order valence-electron chi connectivity index (χ3n) is 2.23. The maximum Gasteiger partial charge on any atom is 0.433 e. The van der Waals surface area contributed by atoms with Crippen LogP contribution in [0.3, 0.4) is 0 Å². The third kappa shape index (κ3) is 3.85. The number of anilines is 1. The number of halogens is 3. The Morgan fingerprint density at radius 2 is 2.12 bits per heavy atom. The van der Waals surface area contributed by atoms with Gasteiger partial charge in [0.2, 0.25) is 5.95 Å². The van der Waals surface area contributed by atoms with Gasteiger partial charge >= 0.3 is 6.18 Å². The summed E-state index contributed by atoms with van der Waals surface area (Å²) in [6.45, 7) is 3.41. The summed E-state index contributed by atoms with van der Waals surface area (Å²) in [6, 6.07) is 0.861. The van der Waals surface area contributed by atoms with E-state index in [1.165, 1.54) is 0 Å². The normalized spacial score (nSPS) is 11.6. The van der Waals surface area contributed by atoms with Gasteiger partial charge in [-0.05, 0) is 26.0 Å². The van der Waals surface area contributed by atoms with E-state index in [1.807, 2.05) is 6.92 Å². The molecule has 0 aliphatic carbocycles. The zero-order chi connectivity index (χ0) is 12.9. The highest BCUT2D eigenvalue weighted by atomic mass is 19.4. The Labute approximate surface area is 97.7 Å². The molecule has 0 amide bonds. The topological polar surface area (TPSA) is 55.0 Å².